The molecule has 2 unspecified atom stereocenters. The van der Waals surface area contributed by atoms with Gasteiger partial charge in [-0.05, 0) is 31.4 Å². The average molecular weight is 230 g/mol. The van der Waals surface area contributed by atoms with Gasteiger partial charge in [0.1, 0.15) is 0 Å². The van der Waals surface area contributed by atoms with Crippen LogP contribution in [0.5, 0.6) is 0 Å². The maximum absolute atomic E-state index is 12.2. The van der Waals surface area contributed by atoms with E-state index in [2.05, 4.69) is 0 Å². The van der Waals surface area contributed by atoms with Crippen molar-refractivity contribution < 1.29 is 9.59 Å². The molecule has 88 valence electrons. The van der Waals surface area contributed by atoms with Crippen LogP contribution in [0.4, 0.5) is 0 Å². The molecule has 2 aliphatic rings. The van der Waals surface area contributed by atoms with Gasteiger partial charge in [-0.15, -0.1) is 0 Å². The number of carbonyl (C=O) groups is 2. The topological polar surface area (TPSA) is 63.4 Å². The van der Waals surface area contributed by atoms with E-state index in [0.29, 0.717) is 11.1 Å². The Labute approximate surface area is 99.4 Å². The van der Waals surface area contributed by atoms with E-state index in [4.69, 9.17) is 5.73 Å². The Morgan fingerprint density at radius 1 is 1.06 bits per heavy atom. The molecule has 17 heavy (non-hydrogen) atoms. The normalized spacial score (nSPS) is 27.7. The second kappa shape index (κ2) is 3.67. The molecule has 1 aromatic rings. The lowest BCUT2D eigenvalue weighted by Gasteiger charge is -2.25. The molecule has 0 bridgehead atoms. The highest BCUT2D eigenvalue weighted by molar-refractivity contribution is 6.21. The van der Waals surface area contributed by atoms with Crippen molar-refractivity contribution in [3.63, 3.8) is 0 Å². The maximum Gasteiger partial charge on any atom is 0.261 e. The van der Waals surface area contributed by atoms with E-state index in [-0.39, 0.29) is 23.9 Å². The number of imide groups is 1. The van der Waals surface area contributed by atoms with Crippen LogP contribution in [-0.2, 0) is 0 Å². The Kier molecular flexibility index (Phi) is 2.26. The first-order valence-corrected chi connectivity index (χ1v) is 5.92. The third-order valence-corrected chi connectivity index (χ3v) is 3.69. The Morgan fingerprint density at radius 3 is 2.12 bits per heavy atom. The van der Waals surface area contributed by atoms with Crippen molar-refractivity contribution in [1.29, 1.82) is 0 Å². The second-order valence-corrected chi connectivity index (χ2v) is 4.69. The predicted molar refractivity (Wildman–Crippen MR) is 62.6 cm³/mol. The lowest BCUT2D eigenvalue weighted by molar-refractivity contribution is 0.0575. The van der Waals surface area contributed by atoms with Gasteiger partial charge in [-0.25, -0.2) is 0 Å². The molecule has 2 atom stereocenters. The lowest BCUT2D eigenvalue weighted by atomic mass is 10.1. The third-order valence-electron chi connectivity index (χ3n) is 3.69. The Balaban J connectivity index is 2.00. The number of benzene rings is 1. The molecule has 0 saturated heterocycles. The van der Waals surface area contributed by atoms with Crippen LogP contribution in [0.2, 0.25) is 0 Å². The summed E-state index contributed by atoms with van der Waals surface area (Å²) < 4.78 is 0. The van der Waals surface area contributed by atoms with Crippen LogP contribution < -0.4 is 5.73 Å². The van der Waals surface area contributed by atoms with Crippen molar-refractivity contribution in [2.24, 2.45) is 5.73 Å². The lowest BCUT2D eigenvalue weighted by Crippen LogP contribution is -2.47. The minimum atomic E-state index is -0.187. The number of rotatable bonds is 1. The van der Waals surface area contributed by atoms with E-state index in [1.807, 2.05) is 0 Å². The van der Waals surface area contributed by atoms with Gasteiger partial charge in [0.15, 0.2) is 0 Å². The minimum Gasteiger partial charge on any atom is -0.326 e. The van der Waals surface area contributed by atoms with Gasteiger partial charge in [0.05, 0.1) is 17.2 Å². The summed E-state index contributed by atoms with van der Waals surface area (Å²) in [4.78, 5) is 25.7. The summed E-state index contributed by atoms with van der Waals surface area (Å²) in [6.45, 7) is 0. The zero-order valence-electron chi connectivity index (χ0n) is 9.43. The van der Waals surface area contributed by atoms with Gasteiger partial charge >= 0.3 is 0 Å². The SMILES string of the molecule is NC1CCCC1N1C(=O)c2ccccc2C1=O. The molecule has 0 spiro atoms. The maximum atomic E-state index is 12.2. The number of amides is 2. The summed E-state index contributed by atoms with van der Waals surface area (Å²) in [5, 5.41) is 0. The fourth-order valence-corrected chi connectivity index (χ4v) is 2.80. The molecule has 1 heterocycles. The van der Waals surface area contributed by atoms with Crippen LogP contribution in [0.3, 0.4) is 0 Å². The standard InChI is InChI=1S/C13H14N2O2/c14-10-6-3-7-11(10)15-12(16)8-4-1-2-5-9(8)13(15)17/h1-2,4-5,10-11H,3,6-7,14H2. The molecule has 2 N–H and O–H groups in total. The van der Waals surface area contributed by atoms with Crippen molar-refractivity contribution in [1.82, 2.24) is 4.90 Å². The van der Waals surface area contributed by atoms with Crippen LogP contribution in [0, 0.1) is 0 Å². The predicted octanol–water partition coefficient (Wildman–Crippen LogP) is 1.16. The molecule has 4 nitrogen and oxygen atoms in total. The molecule has 3 rings (SSSR count). The molecular formula is C13H14N2O2. The van der Waals surface area contributed by atoms with Crippen molar-refractivity contribution >= 4 is 11.8 Å². The number of fused-ring (bicyclic) bond motifs is 1. The second-order valence-electron chi connectivity index (χ2n) is 4.69. The highest BCUT2D eigenvalue weighted by atomic mass is 16.2. The first-order valence-electron chi connectivity index (χ1n) is 5.92. The number of nitrogens with zero attached hydrogens (tertiary/aromatic N) is 1. The summed E-state index contributed by atoms with van der Waals surface area (Å²) in [5.41, 5.74) is 6.99. The summed E-state index contributed by atoms with van der Waals surface area (Å²) in [5.74, 6) is -0.374. The third kappa shape index (κ3) is 1.41. The quantitative estimate of drug-likeness (QED) is 0.736. The van der Waals surface area contributed by atoms with Crippen LogP contribution in [0.15, 0.2) is 24.3 Å². The molecule has 1 aliphatic heterocycles. The highest BCUT2D eigenvalue weighted by Gasteiger charge is 2.43. The first-order chi connectivity index (χ1) is 8.20. The fourth-order valence-electron chi connectivity index (χ4n) is 2.80. The van der Waals surface area contributed by atoms with Crippen LogP contribution in [-0.4, -0.2) is 28.8 Å². The van der Waals surface area contributed by atoms with Crippen molar-refractivity contribution in [2.75, 3.05) is 0 Å². The monoisotopic (exact) mass is 230 g/mol. The number of nitrogens with two attached hydrogens (primary N) is 1. The smallest absolute Gasteiger partial charge is 0.261 e. The highest BCUT2D eigenvalue weighted by Crippen LogP contribution is 2.30. The summed E-state index contributed by atoms with van der Waals surface area (Å²) in [6.07, 6.45) is 2.70. The van der Waals surface area contributed by atoms with E-state index in [0.717, 1.165) is 19.3 Å². The Hall–Kier alpha value is -1.68. The molecule has 0 aromatic heterocycles. The largest absolute Gasteiger partial charge is 0.326 e. The summed E-state index contributed by atoms with van der Waals surface area (Å²) in [6, 6.07) is 6.77. The van der Waals surface area contributed by atoms with Crippen LogP contribution >= 0.6 is 0 Å². The fraction of sp³-hybridized carbons (Fsp3) is 0.385. The van der Waals surface area contributed by atoms with E-state index in [1.54, 1.807) is 24.3 Å². The molecule has 1 saturated carbocycles. The van der Waals surface area contributed by atoms with Gasteiger partial charge in [-0.3, -0.25) is 14.5 Å². The van der Waals surface area contributed by atoms with Crippen molar-refractivity contribution in [3.8, 4) is 0 Å². The van der Waals surface area contributed by atoms with Crippen LogP contribution in [0.1, 0.15) is 40.0 Å². The molecule has 0 radical (unpaired) electrons. The van der Waals surface area contributed by atoms with E-state index >= 15 is 0 Å². The zero-order valence-corrected chi connectivity index (χ0v) is 9.43. The Bertz CT molecular complexity index is 463. The molecule has 4 heteroatoms. The molecule has 2 amide bonds. The van der Waals surface area contributed by atoms with E-state index < -0.39 is 0 Å². The van der Waals surface area contributed by atoms with Gasteiger partial charge in [0.2, 0.25) is 0 Å². The van der Waals surface area contributed by atoms with Gasteiger partial charge in [-0.1, -0.05) is 12.1 Å². The van der Waals surface area contributed by atoms with Crippen molar-refractivity contribution in [2.45, 2.75) is 31.3 Å². The van der Waals surface area contributed by atoms with Gasteiger partial charge in [0, 0.05) is 6.04 Å². The summed E-state index contributed by atoms with van der Waals surface area (Å²) in [7, 11) is 0. The van der Waals surface area contributed by atoms with E-state index in [9.17, 15) is 9.59 Å². The zero-order chi connectivity index (χ0) is 12.0. The average Bonchev–Trinajstić information content (AvgIpc) is 2.84. The minimum absolute atomic E-state index is 0.0720. The number of hydrogen-bond acceptors (Lipinski definition) is 3. The summed E-state index contributed by atoms with van der Waals surface area (Å²) >= 11 is 0. The van der Waals surface area contributed by atoms with Crippen molar-refractivity contribution in [3.05, 3.63) is 35.4 Å². The van der Waals surface area contributed by atoms with E-state index in [1.165, 1.54) is 4.90 Å². The molecular weight excluding hydrogens is 216 g/mol. The van der Waals surface area contributed by atoms with Gasteiger partial charge in [0.25, 0.3) is 11.8 Å². The molecule has 1 aromatic carbocycles. The number of hydrogen-bond donors (Lipinski definition) is 1. The Morgan fingerprint density at radius 2 is 1.65 bits per heavy atom. The van der Waals surface area contributed by atoms with Gasteiger partial charge < -0.3 is 5.73 Å². The molecule has 1 fully saturated rings. The van der Waals surface area contributed by atoms with Gasteiger partial charge in [-0.2, -0.15) is 0 Å². The molecule has 1 aliphatic carbocycles. The number of carbonyl (C=O) groups excluding carboxylic acids is 2. The first kappa shape index (κ1) is 10.5. The van der Waals surface area contributed by atoms with Crippen LogP contribution in [0.25, 0.3) is 0 Å².